The molecule has 1 heterocycles. The van der Waals surface area contributed by atoms with Gasteiger partial charge in [0.05, 0.1) is 6.20 Å². The summed E-state index contributed by atoms with van der Waals surface area (Å²) >= 11 is 0. The number of nitrogen functional groups attached to an aromatic ring is 1. The van der Waals surface area contributed by atoms with E-state index in [1.54, 1.807) is 0 Å². The summed E-state index contributed by atoms with van der Waals surface area (Å²) in [4.78, 5) is 3.67. The van der Waals surface area contributed by atoms with Crippen molar-refractivity contribution in [2.45, 2.75) is 0 Å². The van der Waals surface area contributed by atoms with Gasteiger partial charge in [-0.1, -0.05) is 30.3 Å². The van der Waals surface area contributed by atoms with Gasteiger partial charge < -0.3 is 5.73 Å². The molecule has 3 heteroatoms. The molecule has 0 amide bonds. The first kappa shape index (κ1) is 8.69. The zero-order chi connectivity index (χ0) is 9.97. The molecule has 2 nitrogen and oxygen atoms in total. The number of nitrogens with zero attached hydrogens (tertiary/aromatic N) is 1. The molecule has 1 aromatic carbocycles. The molecule has 0 atom stereocenters. The molecule has 0 fully saturated rings. The maximum absolute atomic E-state index is 13.3. The van der Waals surface area contributed by atoms with Crippen molar-refractivity contribution < 1.29 is 4.39 Å². The van der Waals surface area contributed by atoms with Gasteiger partial charge in [-0.05, 0) is 11.6 Å². The predicted molar refractivity (Wildman–Crippen MR) is 54.0 cm³/mol. The number of pyridine rings is 1. The van der Waals surface area contributed by atoms with Crippen molar-refractivity contribution in [1.82, 2.24) is 4.98 Å². The number of nitrogens with two attached hydrogens (primary N) is 1. The lowest BCUT2D eigenvalue weighted by molar-refractivity contribution is 0.625. The predicted octanol–water partition coefficient (Wildman–Crippen LogP) is 2.47. The molecule has 2 rings (SSSR count). The summed E-state index contributed by atoms with van der Waals surface area (Å²) < 4.78 is 13.3. The van der Waals surface area contributed by atoms with E-state index in [9.17, 15) is 4.39 Å². The van der Waals surface area contributed by atoms with Crippen LogP contribution in [0.15, 0.2) is 42.6 Å². The van der Waals surface area contributed by atoms with Crippen molar-refractivity contribution in [3.63, 3.8) is 0 Å². The number of hydrogen-bond acceptors (Lipinski definition) is 2. The Kier molecular flexibility index (Phi) is 2.14. The molecule has 0 spiro atoms. The van der Waals surface area contributed by atoms with Crippen molar-refractivity contribution >= 4 is 5.82 Å². The van der Waals surface area contributed by atoms with Crippen LogP contribution in [-0.4, -0.2) is 4.98 Å². The Morgan fingerprint density at radius 2 is 1.86 bits per heavy atom. The molecule has 2 aromatic rings. The number of benzene rings is 1. The van der Waals surface area contributed by atoms with Gasteiger partial charge in [0.15, 0.2) is 0 Å². The van der Waals surface area contributed by atoms with Crippen LogP contribution < -0.4 is 5.73 Å². The van der Waals surface area contributed by atoms with Crippen LogP contribution in [0.4, 0.5) is 10.2 Å². The maximum atomic E-state index is 13.3. The minimum Gasteiger partial charge on any atom is -0.384 e. The second-order valence-electron chi connectivity index (χ2n) is 2.96. The van der Waals surface area contributed by atoms with Crippen LogP contribution in [0.1, 0.15) is 0 Å². The number of anilines is 1. The number of rotatable bonds is 1. The van der Waals surface area contributed by atoms with Gasteiger partial charge in [0.1, 0.15) is 11.6 Å². The number of hydrogen-bond donors (Lipinski definition) is 1. The monoisotopic (exact) mass is 188 g/mol. The van der Waals surface area contributed by atoms with E-state index in [1.807, 2.05) is 30.3 Å². The van der Waals surface area contributed by atoms with Crippen LogP contribution in [0.5, 0.6) is 0 Å². The zero-order valence-corrected chi connectivity index (χ0v) is 7.44. The quantitative estimate of drug-likeness (QED) is 0.746. The zero-order valence-electron chi connectivity index (χ0n) is 7.44. The topological polar surface area (TPSA) is 38.9 Å². The van der Waals surface area contributed by atoms with E-state index in [-0.39, 0.29) is 5.82 Å². The first-order valence-electron chi connectivity index (χ1n) is 4.24. The third kappa shape index (κ3) is 1.57. The van der Waals surface area contributed by atoms with Crippen LogP contribution in [0, 0.1) is 5.82 Å². The molecular weight excluding hydrogens is 179 g/mol. The third-order valence-electron chi connectivity index (χ3n) is 1.96. The van der Waals surface area contributed by atoms with Gasteiger partial charge in [-0.2, -0.15) is 0 Å². The van der Waals surface area contributed by atoms with Crippen LogP contribution in [-0.2, 0) is 0 Å². The smallest absolute Gasteiger partial charge is 0.149 e. The normalized spacial score (nSPS) is 10.1. The summed E-state index contributed by atoms with van der Waals surface area (Å²) in [6.07, 6.45) is 1.14. The van der Waals surface area contributed by atoms with Crippen molar-refractivity contribution in [2.75, 3.05) is 5.73 Å². The average molecular weight is 188 g/mol. The molecule has 2 N–H and O–H groups in total. The molecule has 1 aromatic heterocycles. The molecule has 70 valence electrons. The minimum absolute atomic E-state index is 0.324. The highest BCUT2D eigenvalue weighted by atomic mass is 19.1. The second kappa shape index (κ2) is 3.46. The number of aromatic nitrogens is 1. The Morgan fingerprint density at radius 1 is 1.14 bits per heavy atom. The number of halogens is 1. The summed E-state index contributed by atoms with van der Waals surface area (Å²) in [5.41, 5.74) is 6.78. The lowest BCUT2D eigenvalue weighted by atomic mass is 10.1. The fourth-order valence-electron chi connectivity index (χ4n) is 1.29. The summed E-state index contributed by atoms with van der Waals surface area (Å²) in [6.45, 7) is 0. The highest BCUT2D eigenvalue weighted by molar-refractivity contribution is 5.66. The summed E-state index contributed by atoms with van der Waals surface area (Å²) in [5, 5.41) is 0. The third-order valence-corrected chi connectivity index (χ3v) is 1.96. The van der Waals surface area contributed by atoms with Crippen molar-refractivity contribution in [1.29, 1.82) is 0 Å². The lowest BCUT2D eigenvalue weighted by Crippen LogP contribution is -1.93. The summed E-state index contributed by atoms with van der Waals surface area (Å²) in [5.74, 6) is -0.0318. The lowest BCUT2D eigenvalue weighted by Gasteiger charge is -2.03. The largest absolute Gasteiger partial charge is 0.384 e. The van der Waals surface area contributed by atoms with Crippen molar-refractivity contribution in [3.05, 3.63) is 48.4 Å². The molecule has 0 saturated carbocycles. The maximum Gasteiger partial charge on any atom is 0.149 e. The fraction of sp³-hybridized carbons (Fsp3) is 0. The Morgan fingerprint density at radius 3 is 2.57 bits per heavy atom. The molecule has 0 aliphatic carbocycles. The minimum atomic E-state index is -0.356. The molecule has 0 bridgehead atoms. The van der Waals surface area contributed by atoms with Crippen LogP contribution >= 0.6 is 0 Å². The molecular formula is C11H9FN2. The Bertz CT molecular complexity index is 440. The van der Waals surface area contributed by atoms with E-state index in [0.29, 0.717) is 11.4 Å². The molecule has 0 aliphatic rings. The molecule has 0 aliphatic heterocycles. The van der Waals surface area contributed by atoms with Crippen LogP contribution in [0.2, 0.25) is 0 Å². The second-order valence-corrected chi connectivity index (χ2v) is 2.96. The van der Waals surface area contributed by atoms with Gasteiger partial charge in [0.25, 0.3) is 0 Å². The van der Waals surface area contributed by atoms with Crippen molar-refractivity contribution in [3.8, 4) is 11.1 Å². The Balaban J connectivity index is 2.57. The fourth-order valence-corrected chi connectivity index (χ4v) is 1.29. The van der Waals surface area contributed by atoms with E-state index < -0.39 is 0 Å². The van der Waals surface area contributed by atoms with Gasteiger partial charge >= 0.3 is 0 Å². The summed E-state index contributed by atoms with van der Waals surface area (Å²) in [6, 6.07) is 10.8. The van der Waals surface area contributed by atoms with Crippen molar-refractivity contribution in [2.24, 2.45) is 0 Å². The highest BCUT2D eigenvalue weighted by Crippen LogP contribution is 2.22. The molecule has 0 unspecified atom stereocenters. The van der Waals surface area contributed by atoms with E-state index in [4.69, 9.17) is 5.73 Å². The standard InChI is InChI=1S/C11H9FN2/c12-10-7-14-11(13)6-9(10)8-4-2-1-3-5-8/h1-7H,(H2,13,14). The van der Waals surface area contributed by atoms with Gasteiger partial charge in [-0.3, -0.25) is 0 Å². The molecule has 0 saturated heterocycles. The molecule has 14 heavy (non-hydrogen) atoms. The highest BCUT2D eigenvalue weighted by Gasteiger charge is 2.04. The van der Waals surface area contributed by atoms with Gasteiger partial charge in [-0.25, -0.2) is 9.37 Å². The van der Waals surface area contributed by atoms with E-state index in [1.165, 1.54) is 6.07 Å². The van der Waals surface area contributed by atoms with Crippen LogP contribution in [0.25, 0.3) is 11.1 Å². The first-order valence-corrected chi connectivity index (χ1v) is 4.24. The Labute approximate surface area is 81.2 Å². The SMILES string of the molecule is Nc1cc(-c2ccccc2)c(F)cn1. The van der Waals surface area contributed by atoms with Crippen LogP contribution in [0.3, 0.4) is 0 Å². The van der Waals surface area contributed by atoms with E-state index >= 15 is 0 Å². The van der Waals surface area contributed by atoms with Gasteiger partial charge in [-0.15, -0.1) is 0 Å². The van der Waals surface area contributed by atoms with Gasteiger partial charge in [0.2, 0.25) is 0 Å². The molecule has 0 radical (unpaired) electrons. The first-order chi connectivity index (χ1) is 6.77. The van der Waals surface area contributed by atoms with Gasteiger partial charge in [0, 0.05) is 5.56 Å². The summed E-state index contributed by atoms with van der Waals surface area (Å²) in [7, 11) is 0. The van der Waals surface area contributed by atoms with E-state index in [2.05, 4.69) is 4.98 Å². The average Bonchev–Trinajstić information content (AvgIpc) is 2.23. The Hall–Kier alpha value is -1.90. The van der Waals surface area contributed by atoms with E-state index in [0.717, 1.165) is 11.8 Å².